The molecule has 0 aromatic carbocycles. The van der Waals surface area contributed by atoms with Crippen LogP contribution >= 0.6 is 0 Å². The molecule has 0 aliphatic rings. The SMILES string of the molecule is CCCC/C=C/OCC(=O)N[C@@H](Cc1ccncc1)C(=O)NC. The van der Waals surface area contributed by atoms with Gasteiger partial charge in [0.05, 0.1) is 6.26 Å². The lowest BCUT2D eigenvalue weighted by Gasteiger charge is -2.17. The lowest BCUT2D eigenvalue weighted by atomic mass is 10.1. The zero-order valence-electron chi connectivity index (χ0n) is 13.7. The van der Waals surface area contributed by atoms with Gasteiger partial charge in [0.15, 0.2) is 6.61 Å². The van der Waals surface area contributed by atoms with Crippen molar-refractivity contribution in [2.45, 2.75) is 38.6 Å². The van der Waals surface area contributed by atoms with Crippen LogP contribution in [0.2, 0.25) is 0 Å². The molecule has 0 fully saturated rings. The van der Waals surface area contributed by atoms with Crippen molar-refractivity contribution in [2.24, 2.45) is 0 Å². The summed E-state index contributed by atoms with van der Waals surface area (Å²) in [6.07, 6.45) is 10.3. The van der Waals surface area contributed by atoms with Crippen LogP contribution in [0.5, 0.6) is 0 Å². The summed E-state index contributed by atoms with van der Waals surface area (Å²) in [5.74, 6) is -0.568. The molecule has 1 aromatic rings. The summed E-state index contributed by atoms with van der Waals surface area (Å²) in [5, 5.41) is 5.25. The molecule has 126 valence electrons. The van der Waals surface area contributed by atoms with E-state index in [1.165, 1.54) is 6.26 Å². The second-order valence-corrected chi connectivity index (χ2v) is 5.12. The zero-order chi connectivity index (χ0) is 16.9. The van der Waals surface area contributed by atoms with Crippen molar-refractivity contribution in [3.63, 3.8) is 0 Å². The predicted octanol–water partition coefficient (Wildman–Crippen LogP) is 1.58. The van der Waals surface area contributed by atoms with E-state index in [9.17, 15) is 9.59 Å². The number of aromatic nitrogens is 1. The van der Waals surface area contributed by atoms with Gasteiger partial charge in [-0.25, -0.2) is 0 Å². The average Bonchev–Trinajstić information content (AvgIpc) is 2.57. The topological polar surface area (TPSA) is 80.3 Å². The van der Waals surface area contributed by atoms with Gasteiger partial charge in [-0.3, -0.25) is 14.6 Å². The molecule has 1 aromatic heterocycles. The van der Waals surface area contributed by atoms with Crippen molar-refractivity contribution in [1.29, 1.82) is 0 Å². The Kier molecular flexibility index (Phi) is 9.12. The fourth-order valence-corrected chi connectivity index (χ4v) is 1.96. The summed E-state index contributed by atoms with van der Waals surface area (Å²) in [7, 11) is 1.54. The summed E-state index contributed by atoms with van der Waals surface area (Å²) >= 11 is 0. The lowest BCUT2D eigenvalue weighted by molar-refractivity contribution is -0.130. The van der Waals surface area contributed by atoms with Crippen LogP contribution in [-0.4, -0.2) is 36.5 Å². The molecule has 0 spiro atoms. The van der Waals surface area contributed by atoms with Crippen LogP contribution in [0.25, 0.3) is 0 Å². The molecule has 1 atom stereocenters. The fraction of sp³-hybridized carbons (Fsp3) is 0.471. The molecule has 0 aliphatic carbocycles. The Morgan fingerprint density at radius 1 is 1.35 bits per heavy atom. The number of hydrogen-bond donors (Lipinski definition) is 2. The third-order valence-corrected chi connectivity index (χ3v) is 3.22. The fourth-order valence-electron chi connectivity index (χ4n) is 1.96. The van der Waals surface area contributed by atoms with E-state index in [1.54, 1.807) is 19.4 Å². The number of amides is 2. The number of carbonyl (C=O) groups is 2. The summed E-state index contributed by atoms with van der Waals surface area (Å²) in [4.78, 5) is 27.7. The Bertz CT molecular complexity index is 503. The van der Waals surface area contributed by atoms with Gasteiger partial charge < -0.3 is 15.4 Å². The van der Waals surface area contributed by atoms with Crippen molar-refractivity contribution in [2.75, 3.05) is 13.7 Å². The van der Waals surface area contributed by atoms with Gasteiger partial charge in [-0.1, -0.05) is 13.3 Å². The van der Waals surface area contributed by atoms with Gasteiger partial charge in [0.1, 0.15) is 6.04 Å². The number of hydrogen-bond acceptors (Lipinski definition) is 4. The number of likely N-dealkylation sites (N-methyl/N-ethyl adjacent to an activating group) is 1. The van der Waals surface area contributed by atoms with E-state index in [1.807, 2.05) is 18.2 Å². The second-order valence-electron chi connectivity index (χ2n) is 5.12. The minimum absolute atomic E-state index is 0.105. The van der Waals surface area contributed by atoms with Crippen LogP contribution < -0.4 is 10.6 Å². The van der Waals surface area contributed by atoms with Crippen molar-refractivity contribution >= 4 is 11.8 Å². The summed E-state index contributed by atoms with van der Waals surface area (Å²) in [5.41, 5.74) is 0.925. The highest BCUT2D eigenvalue weighted by Crippen LogP contribution is 2.02. The quantitative estimate of drug-likeness (QED) is 0.507. The van der Waals surface area contributed by atoms with Crippen molar-refractivity contribution < 1.29 is 14.3 Å². The first-order valence-corrected chi connectivity index (χ1v) is 7.83. The molecule has 6 nitrogen and oxygen atoms in total. The van der Waals surface area contributed by atoms with Crippen LogP contribution in [0.3, 0.4) is 0 Å². The molecule has 0 saturated carbocycles. The predicted molar refractivity (Wildman–Crippen MR) is 88.6 cm³/mol. The Hall–Kier alpha value is -2.37. The standard InChI is InChI=1S/C17H25N3O3/c1-3-4-5-6-11-23-13-16(21)20-15(17(22)18-2)12-14-7-9-19-10-8-14/h6-11,15H,3-5,12-13H2,1-2H3,(H,18,22)(H,20,21)/b11-6+/t15-/m0/s1. The average molecular weight is 319 g/mol. The number of allylic oxidation sites excluding steroid dienone is 1. The van der Waals surface area contributed by atoms with E-state index in [0.717, 1.165) is 24.8 Å². The molecular weight excluding hydrogens is 294 g/mol. The maximum Gasteiger partial charge on any atom is 0.258 e. The number of nitrogens with one attached hydrogen (secondary N) is 2. The highest BCUT2D eigenvalue weighted by Gasteiger charge is 2.20. The van der Waals surface area contributed by atoms with Crippen LogP contribution in [0, 0.1) is 0 Å². The smallest absolute Gasteiger partial charge is 0.258 e. The molecule has 0 aliphatic heterocycles. The molecule has 0 radical (unpaired) electrons. The molecule has 0 unspecified atom stereocenters. The molecular formula is C17H25N3O3. The van der Waals surface area contributed by atoms with E-state index < -0.39 is 6.04 Å². The Labute approximate surface area is 137 Å². The van der Waals surface area contributed by atoms with E-state index >= 15 is 0 Å². The second kappa shape index (κ2) is 11.2. The molecule has 6 heteroatoms. The number of carbonyl (C=O) groups excluding carboxylic acids is 2. The van der Waals surface area contributed by atoms with Crippen LogP contribution in [0.4, 0.5) is 0 Å². The maximum absolute atomic E-state index is 11.9. The monoisotopic (exact) mass is 319 g/mol. The summed E-state index contributed by atoms with van der Waals surface area (Å²) < 4.78 is 5.17. The molecule has 2 amide bonds. The highest BCUT2D eigenvalue weighted by molar-refractivity contribution is 5.88. The van der Waals surface area contributed by atoms with Gasteiger partial charge in [0.25, 0.3) is 5.91 Å². The maximum atomic E-state index is 11.9. The first-order chi connectivity index (χ1) is 11.2. The molecule has 23 heavy (non-hydrogen) atoms. The molecule has 0 saturated heterocycles. The minimum Gasteiger partial charge on any atom is -0.492 e. The van der Waals surface area contributed by atoms with Crippen molar-refractivity contribution in [3.8, 4) is 0 Å². The van der Waals surface area contributed by atoms with Crippen molar-refractivity contribution in [3.05, 3.63) is 42.4 Å². The normalized spacial score (nSPS) is 11.9. The van der Waals surface area contributed by atoms with Crippen LogP contribution in [0.1, 0.15) is 31.7 Å². The molecule has 2 N–H and O–H groups in total. The van der Waals surface area contributed by atoms with Gasteiger partial charge >= 0.3 is 0 Å². The third kappa shape index (κ3) is 7.99. The van der Waals surface area contributed by atoms with Crippen molar-refractivity contribution in [1.82, 2.24) is 15.6 Å². The minimum atomic E-state index is -0.637. The van der Waals surface area contributed by atoms with Gasteiger partial charge in [0.2, 0.25) is 5.91 Å². The van der Waals surface area contributed by atoms with E-state index in [2.05, 4.69) is 22.5 Å². The summed E-state index contributed by atoms with van der Waals surface area (Å²) in [6.45, 7) is 2.01. The number of nitrogens with zero attached hydrogens (tertiary/aromatic N) is 1. The van der Waals surface area contributed by atoms with E-state index in [-0.39, 0.29) is 18.4 Å². The van der Waals surface area contributed by atoms with E-state index in [0.29, 0.717) is 6.42 Å². The first kappa shape index (κ1) is 18.7. The van der Waals surface area contributed by atoms with E-state index in [4.69, 9.17) is 4.74 Å². The Morgan fingerprint density at radius 2 is 2.09 bits per heavy atom. The van der Waals surface area contributed by atoms with Gasteiger partial charge in [-0.05, 0) is 36.6 Å². The first-order valence-electron chi connectivity index (χ1n) is 7.83. The zero-order valence-corrected chi connectivity index (χ0v) is 13.7. The Morgan fingerprint density at radius 3 is 2.74 bits per heavy atom. The number of ether oxygens (including phenoxy) is 1. The van der Waals surface area contributed by atoms with Gasteiger partial charge in [-0.15, -0.1) is 0 Å². The van der Waals surface area contributed by atoms with Crippen LogP contribution in [0.15, 0.2) is 36.9 Å². The largest absolute Gasteiger partial charge is 0.492 e. The Balaban J connectivity index is 2.45. The highest BCUT2D eigenvalue weighted by atomic mass is 16.5. The van der Waals surface area contributed by atoms with Gasteiger partial charge in [-0.2, -0.15) is 0 Å². The number of unbranched alkanes of at least 4 members (excludes halogenated alkanes) is 2. The van der Waals surface area contributed by atoms with Crippen LogP contribution in [-0.2, 0) is 20.7 Å². The molecule has 1 heterocycles. The van der Waals surface area contributed by atoms with Gasteiger partial charge in [0, 0.05) is 25.9 Å². The lowest BCUT2D eigenvalue weighted by Crippen LogP contribution is -2.48. The number of pyridine rings is 1. The molecule has 1 rings (SSSR count). The molecule has 0 bridgehead atoms. The third-order valence-electron chi connectivity index (χ3n) is 3.22. The number of rotatable bonds is 10. The summed E-state index contributed by atoms with van der Waals surface area (Å²) in [6, 6.07) is 2.99.